The van der Waals surface area contributed by atoms with Gasteiger partial charge >= 0.3 is 0 Å². The van der Waals surface area contributed by atoms with Crippen LogP contribution in [0.5, 0.6) is 0 Å². The lowest BCUT2D eigenvalue weighted by molar-refractivity contribution is -0.113. The van der Waals surface area contributed by atoms with E-state index in [-0.39, 0.29) is 11.7 Å². The van der Waals surface area contributed by atoms with Gasteiger partial charge in [0.2, 0.25) is 5.91 Å². The minimum atomic E-state index is -0.0913. The van der Waals surface area contributed by atoms with E-state index in [0.29, 0.717) is 11.7 Å². The molecule has 8 heteroatoms. The van der Waals surface area contributed by atoms with Crippen LogP contribution in [0.25, 0.3) is 11.3 Å². The van der Waals surface area contributed by atoms with Crippen LogP contribution in [0.15, 0.2) is 34.8 Å². The number of imidazole rings is 1. The number of hydrogen-bond donors (Lipinski definition) is 1. The largest absolute Gasteiger partial charge is 0.383 e. The molecular formula is C20H24N4O2S2. The molecule has 28 heavy (non-hydrogen) atoms. The zero-order valence-electron chi connectivity index (χ0n) is 16.5. The molecule has 0 saturated carbocycles. The molecule has 0 spiro atoms. The van der Waals surface area contributed by atoms with Gasteiger partial charge in [0.25, 0.3) is 0 Å². The molecule has 3 aromatic rings. The van der Waals surface area contributed by atoms with E-state index in [4.69, 9.17) is 4.74 Å². The summed E-state index contributed by atoms with van der Waals surface area (Å²) in [5.74, 6) is 0.189. The molecule has 148 valence electrons. The molecule has 0 radical (unpaired) electrons. The van der Waals surface area contributed by atoms with Gasteiger partial charge in [0.05, 0.1) is 23.7 Å². The highest BCUT2D eigenvalue weighted by atomic mass is 32.2. The number of carbonyl (C=O) groups is 1. The number of rotatable bonds is 8. The smallest absolute Gasteiger partial charge is 0.236 e. The van der Waals surface area contributed by atoms with Crippen molar-refractivity contribution in [3.63, 3.8) is 0 Å². The molecule has 1 N–H and O–H groups in total. The minimum Gasteiger partial charge on any atom is -0.383 e. The number of nitrogens with zero attached hydrogens (tertiary/aromatic N) is 3. The molecule has 2 aromatic heterocycles. The third-order valence-corrected chi connectivity index (χ3v) is 6.11. The van der Waals surface area contributed by atoms with Crippen molar-refractivity contribution in [3.8, 4) is 11.3 Å². The lowest BCUT2D eigenvalue weighted by Crippen LogP contribution is -2.15. The molecule has 0 unspecified atom stereocenters. The summed E-state index contributed by atoms with van der Waals surface area (Å²) in [6.07, 6.45) is 0. The number of anilines is 1. The van der Waals surface area contributed by atoms with E-state index in [1.54, 1.807) is 7.11 Å². The van der Waals surface area contributed by atoms with Gasteiger partial charge in [0, 0.05) is 30.3 Å². The Morgan fingerprint density at radius 2 is 1.96 bits per heavy atom. The molecule has 1 amide bonds. The number of nitrogens with one attached hydrogen (secondary N) is 1. The maximum atomic E-state index is 12.4. The van der Waals surface area contributed by atoms with E-state index in [1.165, 1.54) is 28.7 Å². The highest BCUT2D eigenvalue weighted by molar-refractivity contribution is 7.99. The van der Waals surface area contributed by atoms with Crippen LogP contribution in [-0.2, 0) is 16.1 Å². The van der Waals surface area contributed by atoms with Crippen molar-refractivity contribution in [2.24, 2.45) is 0 Å². The Labute approximate surface area is 173 Å². The summed E-state index contributed by atoms with van der Waals surface area (Å²) in [4.78, 5) is 21.5. The number of aromatic nitrogens is 3. The summed E-state index contributed by atoms with van der Waals surface area (Å²) < 4.78 is 7.26. The lowest BCUT2D eigenvalue weighted by atomic mass is 10.1. The Morgan fingerprint density at radius 3 is 2.68 bits per heavy atom. The molecule has 2 heterocycles. The molecule has 0 atom stereocenters. The molecule has 0 aliphatic rings. The number of benzene rings is 1. The van der Waals surface area contributed by atoms with Crippen molar-refractivity contribution >= 4 is 34.1 Å². The highest BCUT2D eigenvalue weighted by Crippen LogP contribution is 2.26. The van der Waals surface area contributed by atoms with Crippen LogP contribution in [0.4, 0.5) is 5.13 Å². The minimum absolute atomic E-state index is 0.0913. The Hall–Kier alpha value is -2.16. The predicted octanol–water partition coefficient (Wildman–Crippen LogP) is 4.31. The van der Waals surface area contributed by atoms with E-state index in [0.717, 1.165) is 34.3 Å². The monoisotopic (exact) mass is 416 g/mol. The Bertz CT molecular complexity index is 948. The number of ether oxygens (including phenoxy) is 1. The summed E-state index contributed by atoms with van der Waals surface area (Å²) in [5.41, 5.74) is 5.19. The topological polar surface area (TPSA) is 69.0 Å². The number of aryl methyl sites for hydroxylation is 2. The molecule has 3 rings (SSSR count). The Morgan fingerprint density at radius 1 is 1.21 bits per heavy atom. The summed E-state index contributed by atoms with van der Waals surface area (Å²) in [6.45, 7) is 7.39. The normalized spacial score (nSPS) is 11.0. The molecule has 0 aliphatic carbocycles. The summed E-state index contributed by atoms with van der Waals surface area (Å²) in [7, 11) is 1.68. The van der Waals surface area contributed by atoms with Gasteiger partial charge in [-0.25, -0.2) is 9.97 Å². The number of amides is 1. The Kier molecular flexibility index (Phi) is 6.88. The first-order valence-corrected chi connectivity index (χ1v) is 10.8. The van der Waals surface area contributed by atoms with E-state index in [9.17, 15) is 4.79 Å². The van der Waals surface area contributed by atoms with E-state index < -0.39 is 0 Å². The second kappa shape index (κ2) is 9.36. The lowest BCUT2D eigenvalue weighted by Gasteiger charge is -2.09. The van der Waals surface area contributed by atoms with Crippen LogP contribution in [0.1, 0.15) is 17.0 Å². The molecular weight excluding hydrogens is 392 g/mol. The molecule has 0 fully saturated rings. The average molecular weight is 417 g/mol. The van der Waals surface area contributed by atoms with Crippen molar-refractivity contribution in [1.29, 1.82) is 0 Å². The van der Waals surface area contributed by atoms with Crippen LogP contribution in [0, 0.1) is 20.8 Å². The maximum absolute atomic E-state index is 12.4. The number of thiazole rings is 1. The zero-order chi connectivity index (χ0) is 20.1. The number of thioether (sulfide) groups is 1. The SMILES string of the molecule is COCCn1c(SCC(=O)Nc2nc(-c3ccc(C)cc3)cs2)nc(C)c1C. The van der Waals surface area contributed by atoms with E-state index >= 15 is 0 Å². The van der Waals surface area contributed by atoms with Crippen molar-refractivity contribution in [2.75, 3.05) is 24.8 Å². The van der Waals surface area contributed by atoms with Crippen molar-refractivity contribution in [1.82, 2.24) is 14.5 Å². The van der Waals surface area contributed by atoms with Gasteiger partial charge in [0.15, 0.2) is 10.3 Å². The van der Waals surface area contributed by atoms with Gasteiger partial charge in [0.1, 0.15) is 0 Å². The first-order chi connectivity index (χ1) is 13.5. The molecule has 1 aromatic carbocycles. The summed E-state index contributed by atoms with van der Waals surface area (Å²) in [6, 6.07) is 8.19. The van der Waals surface area contributed by atoms with Crippen molar-refractivity contribution < 1.29 is 9.53 Å². The van der Waals surface area contributed by atoms with Gasteiger partial charge in [-0.2, -0.15) is 0 Å². The first kappa shape index (κ1) is 20.6. The van der Waals surface area contributed by atoms with Crippen LogP contribution in [0.2, 0.25) is 0 Å². The fourth-order valence-electron chi connectivity index (χ4n) is 2.65. The van der Waals surface area contributed by atoms with Crippen LogP contribution in [-0.4, -0.2) is 39.9 Å². The first-order valence-electron chi connectivity index (χ1n) is 8.96. The number of methoxy groups -OCH3 is 1. The highest BCUT2D eigenvalue weighted by Gasteiger charge is 2.14. The predicted molar refractivity (Wildman–Crippen MR) is 115 cm³/mol. The Balaban J connectivity index is 1.59. The molecule has 0 saturated heterocycles. The third-order valence-electron chi connectivity index (χ3n) is 4.37. The van der Waals surface area contributed by atoms with E-state index in [1.807, 2.05) is 31.4 Å². The molecule has 0 aliphatic heterocycles. The van der Waals surface area contributed by atoms with Crippen molar-refractivity contribution in [3.05, 3.63) is 46.6 Å². The van der Waals surface area contributed by atoms with Gasteiger partial charge in [-0.3, -0.25) is 4.79 Å². The fourth-order valence-corrected chi connectivity index (χ4v) is 4.31. The summed E-state index contributed by atoms with van der Waals surface area (Å²) in [5, 5.41) is 6.28. The number of hydrogen-bond acceptors (Lipinski definition) is 6. The zero-order valence-corrected chi connectivity index (χ0v) is 18.1. The molecule has 6 nitrogen and oxygen atoms in total. The maximum Gasteiger partial charge on any atom is 0.236 e. The number of carbonyl (C=O) groups excluding carboxylic acids is 1. The van der Waals surface area contributed by atoms with Gasteiger partial charge < -0.3 is 14.6 Å². The van der Waals surface area contributed by atoms with Gasteiger partial charge in [-0.15, -0.1) is 11.3 Å². The average Bonchev–Trinajstić information content (AvgIpc) is 3.24. The van der Waals surface area contributed by atoms with Crippen LogP contribution < -0.4 is 5.32 Å². The van der Waals surface area contributed by atoms with Gasteiger partial charge in [-0.1, -0.05) is 41.6 Å². The quantitative estimate of drug-likeness (QED) is 0.554. The molecule has 0 bridgehead atoms. The van der Waals surface area contributed by atoms with Gasteiger partial charge in [-0.05, 0) is 20.8 Å². The van der Waals surface area contributed by atoms with Crippen LogP contribution >= 0.6 is 23.1 Å². The van der Waals surface area contributed by atoms with Crippen molar-refractivity contribution in [2.45, 2.75) is 32.5 Å². The van der Waals surface area contributed by atoms with E-state index in [2.05, 4.69) is 38.9 Å². The second-order valence-corrected chi connectivity index (χ2v) is 8.25. The van der Waals surface area contributed by atoms with Crippen LogP contribution in [0.3, 0.4) is 0 Å². The standard InChI is InChI=1S/C20H24N4O2S2/c1-13-5-7-16(8-6-13)17-11-27-19(22-17)23-18(25)12-28-20-21-14(2)15(3)24(20)9-10-26-4/h5-8,11H,9-10,12H2,1-4H3,(H,22,23,25). The third kappa shape index (κ3) is 5.01. The second-order valence-electron chi connectivity index (χ2n) is 6.45. The fraction of sp³-hybridized carbons (Fsp3) is 0.350. The summed E-state index contributed by atoms with van der Waals surface area (Å²) >= 11 is 2.86.